The Morgan fingerprint density at radius 2 is 1.09 bits per heavy atom. The highest BCUT2D eigenvalue weighted by Crippen LogP contribution is 2.45. The van der Waals surface area contributed by atoms with E-state index in [1.54, 1.807) is 30.3 Å². The van der Waals surface area contributed by atoms with Crippen molar-refractivity contribution < 1.29 is 9.59 Å². The molecule has 4 heteroatoms. The van der Waals surface area contributed by atoms with Gasteiger partial charge in [0.1, 0.15) is 0 Å². The van der Waals surface area contributed by atoms with E-state index in [1.165, 1.54) is 0 Å². The number of halogens is 2. The lowest BCUT2D eigenvalue weighted by molar-refractivity contribution is 0.0979. The minimum absolute atomic E-state index is 0.129. The van der Waals surface area contributed by atoms with Crippen LogP contribution in [-0.2, 0) is 0 Å². The van der Waals surface area contributed by atoms with Crippen molar-refractivity contribution in [1.82, 2.24) is 0 Å². The van der Waals surface area contributed by atoms with Gasteiger partial charge in [-0.25, -0.2) is 0 Å². The van der Waals surface area contributed by atoms with Crippen LogP contribution in [0.3, 0.4) is 0 Å². The van der Waals surface area contributed by atoms with Crippen molar-refractivity contribution in [3.8, 4) is 11.1 Å². The van der Waals surface area contributed by atoms with Crippen molar-refractivity contribution in [1.29, 1.82) is 0 Å². The molecule has 5 aromatic rings. The van der Waals surface area contributed by atoms with E-state index in [0.717, 1.165) is 41.6 Å². The van der Waals surface area contributed by atoms with E-state index in [2.05, 4.69) is 62.2 Å². The van der Waals surface area contributed by atoms with Crippen molar-refractivity contribution in [2.75, 3.05) is 0 Å². The fraction of sp³-hybridized carbons (Fsp3) is 0. The van der Waals surface area contributed by atoms with Crippen LogP contribution in [0.4, 0.5) is 0 Å². The van der Waals surface area contributed by atoms with Crippen LogP contribution in [0.1, 0.15) is 31.8 Å². The van der Waals surface area contributed by atoms with Gasteiger partial charge in [0.15, 0.2) is 11.6 Å². The maximum atomic E-state index is 13.7. The van der Waals surface area contributed by atoms with Gasteiger partial charge in [0, 0.05) is 36.8 Å². The zero-order valence-electron chi connectivity index (χ0n) is 16.7. The molecule has 0 heterocycles. The quantitative estimate of drug-likeness (QED) is 0.198. The summed E-state index contributed by atoms with van der Waals surface area (Å²) in [6, 6.07) is 27.4. The molecule has 0 saturated carbocycles. The molecule has 0 bridgehead atoms. The predicted octanol–water partition coefficient (Wildman–Crippen LogP) is 7.96. The molecule has 0 aliphatic heterocycles. The molecule has 0 N–H and O–H groups in total. The molecule has 1 aliphatic carbocycles. The third kappa shape index (κ3) is 2.76. The van der Waals surface area contributed by atoms with Crippen molar-refractivity contribution in [2.24, 2.45) is 0 Å². The number of rotatable bonds is 1. The highest BCUT2D eigenvalue weighted by molar-refractivity contribution is 9.13. The summed E-state index contributed by atoms with van der Waals surface area (Å²) in [6.45, 7) is 0. The van der Waals surface area contributed by atoms with Crippen LogP contribution >= 0.6 is 31.9 Å². The molecule has 0 radical (unpaired) electrons. The number of benzene rings is 5. The minimum atomic E-state index is -0.129. The van der Waals surface area contributed by atoms with E-state index in [4.69, 9.17) is 0 Å². The SMILES string of the molecule is O=C1c2ccccc2C(=O)c2c1cc(Br)c(Br)c2-c1cccc2cc3ccccc3cc12. The molecular weight excluding hydrogens is 528 g/mol. The summed E-state index contributed by atoms with van der Waals surface area (Å²) in [4.78, 5) is 27.0. The first-order chi connectivity index (χ1) is 15.5. The maximum Gasteiger partial charge on any atom is 0.195 e. The predicted molar refractivity (Wildman–Crippen MR) is 136 cm³/mol. The van der Waals surface area contributed by atoms with Gasteiger partial charge in [-0.3, -0.25) is 9.59 Å². The summed E-state index contributed by atoms with van der Waals surface area (Å²) in [5, 5.41) is 4.40. The number of ketones is 2. The van der Waals surface area contributed by atoms with Gasteiger partial charge >= 0.3 is 0 Å². The topological polar surface area (TPSA) is 34.1 Å². The van der Waals surface area contributed by atoms with E-state index in [-0.39, 0.29) is 11.6 Å². The molecule has 152 valence electrons. The van der Waals surface area contributed by atoms with Crippen molar-refractivity contribution in [2.45, 2.75) is 0 Å². The largest absolute Gasteiger partial charge is 0.289 e. The van der Waals surface area contributed by atoms with Gasteiger partial charge in [0.25, 0.3) is 0 Å². The minimum Gasteiger partial charge on any atom is -0.289 e. The van der Waals surface area contributed by atoms with Gasteiger partial charge in [-0.2, -0.15) is 0 Å². The van der Waals surface area contributed by atoms with Gasteiger partial charge in [0.05, 0.1) is 0 Å². The zero-order valence-corrected chi connectivity index (χ0v) is 19.8. The summed E-state index contributed by atoms with van der Waals surface area (Å²) < 4.78 is 1.50. The fourth-order valence-corrected chi connectivity index (χ4v) is 5.59. The Morgan fingerprint density at radius 3 is 1.84 bits per heavy atom. The Kier molecular flexibility index (Phi) is 4.42. The number of hydrogen-bond acceptors (Lipinski definition) is 2. The molecule has 5 aromatic carbocycles. The van der Waals surface area contributed by atoms with Crippen LogP contribution in [0, 0.1) is 0 Å². The van der Waals surface area contributed by atoms with Crippen LogP contribution in [-0.4, -0.2) is 11.6 Å². The summed E-state index contributed by atoms with van der Waals surface area (Å²) in [5.41, 5.74) is 3.43. The molecular formula is C28H14Br2O2. The fourth-order valence-electron chi connectivity index (χ4n) is 4.64. The molecule has 0 atom stereocenters. The maximum absolute atomic E-state index is 13.7. The third-order valence-corrected chi connectivity index (χ3v) is 8.10. The molecule has 0 spiro atoms. The number of carbonyl (C=O) groups is 2. The molecule has 0 aromatic heterocycles. The van der Waals surface area contributed by atoms with Crippen LogP contribution in [0.15, 0.2) is 93.9 Å². The van der Waals surface area contributed by atoms with Crippen molar-refractivity contribution in [3.05, 3.63) is 116 Å². The Morgan fingerprint density at radius 1 is 0.500 bits per heavy atom. The van der Waals surface area contributed by atoms with E-state index >= 15 is 0 Å². The van der Waals surface area contributed by atoms with Crippen LogP contribution in [0.2, 0.25) is 0 Å². The standard InChI is InChI=1S/C28H14Br2O2/c29-23-14-22-25(28(32)20-10-4-3-9-19(20)27(22)31)24(26(23)30)18-11-5-8-17-12-15-6-1-2-7-16(15)13-21(17)18/h1-14H. The molecule has 1 aliphatic rings. The highest BCUT2D eigenvalue weighted by Gasteiger charge is 2.34. The van der Waals surface area contributed by atoms with E-state index < -0.39 is 0 Å². The monoisotopic (exact) mass is 540 g/mol. The van der Waals surface area contributed by atoms with Crippen LogP contribution in [0.25, 0.3) is 32.7 Å². The first-order valence-corrected chi connectivity index (χ1v) is 11.8. The lowest BCUT2D eigenvalue weighted by Crippen LogP contribution is -2.22. The second-order valence-corrected chi connectivity index (χ2v) is 9.55. The zero-order chi connectivity index (χ0) is 22.0. The summed E-state index contributed by atoms with van der Waals surface area (Å²) >= 11 is 7.31. The molecule has 0 saturated heterocycles. The highest BCUT2D eigenvalue weighted by atomic mass is 79.9. The first kappa shape index (κ1) is 19.6. The van der Waals surface area contributed by atoms with E-state index in [9.17, 15) is 9.59 Å². The lowest BCUT2D eigenvalue weighted by Gasteiger charge is -2.23. The van der Waals surface area contributed by atoms with Crippen LogP contribution < -0.4 is 0 Å². The van der Waals surface area contributed by atoms with E-state index in [1.807, 2.05) is 24.3 Å². The van der Waals surface area contributed by atoms with Crippen LogP contribution in [0.5, 0.6) is 0 Å². The molecule has 0 fully saturated rings. The second kappa shape index (κ2) is 7.22. The Hall–Kier alpha value is -3.08. The smallest absolute Gasteiger partial charge is 0.195 e. The van der Waals surface area contributed by atoms with Gasteiger partial charge in [-0.1, -0.05) is 66.7 Å². The van der Waals surface area contributed by atoms with Gasteiger partial charge in [0.2, 0.25) is 0 Å². The van der Waals surface area contributed by atoms with E-state index in [0.29, 0.717) is 22.3 Å². The number of hydrogen-bond donors (Lipinski definition) is 0. The molecule has 32 heavy (non-hydrogen) atoms. The van der Waals surface area contributed by atoms with Crippen molar-refractivity contribution >= 4 is 65.0 Å². The molecule has 2 nitrogen and oxygen atoms in total. The Balaban J connectivity index is 1.74. The Bertz CT molecular complexity index is 1630. The normalized spacial score (nSPS) is 12.8. The Labute approximate surface area is 201 Å². The lowest BCUT2D eigenvalue weighted by atomic mass is 9.80. The number of carbonyl (C=O) groups excluding carboxylic acids is 2. The third-order valence-electron chi connectivity index (χ3n) is 6.12. The summed E-state index contributed by atoms with van der Waals surface area (Å²) in [6.07, 6.45) is 0. The average Bonchev–Trinajstić information content (AvgIpc) is 2.82. The molecule has 0 amide bonds. The molecule has 0 unspecified atom stereocenters. The van der Waals surface area contributed by atoms with Gasteiger partial charge in [-0.05, 0) is 77.2 Å². The second-order valence-electron chi connectivity index (χ2n) is 7.90. The van der Waals surface area contributed by atoms with Gasteiger partial charge < -0.3 is 0 Å². The van der Waals surface area contributed by atoms with Gasteiger partial charge in [-0.15, -0.1) is 0 Å². The summed E-state index contributed by atoms with van der Waals surface area (Å²) in [7, 11) is 0. The molecule has 6 rings (SSSR count). The number of fused-ring (bicyclic) bond motifs is 4. The average molecular weight is 542 g/mol. The summed E-state index contributed by atoms with van der Waals surface area (Å²) in [5.74, 6) is -0.258. The first-order valence-electron chi connectivity index (χ1n) is 10.2. The van der Waals surface area contributed by atoms with Crippen molar-refractivity contribution in [3.63, 3.8) is 0 Å².